The first-order valence-corrected chi connectivity index (χ1v) is 8.19. The quantitative estimate of drug-likeness (QED) is 0.907. The van der Waals surface area contributed by atoms with Crippen LogP contribution in [0.3, 0.4) is 0 Å². The highest BCUT2D eigenvalue weighted by atomic mass is 16.1. The SMILES string of the molecule is CCC(CC)n1nc(C)nc(Nc2c(C)cc(C)cc2C)c1=O. The molecule has 0 bridgehead atoms. The zero-order valence-electron chi connectivity index (χ0n) is 14.9. The predicted octanol–water partition coefficient (Wildman–Crippen LogP) is 3.98. The highest BCUT2D eigenvalue weighted by Crippen LogP contribution is 2.24. The summed E-state index contributed by atoms with van der Waals surface area (Å²) >= 11 is 0. The molecule has 0 fully saturated rings. The van der Waals surface area contributed by atoms with Crippen molar-refractivity contribution >= 4 is 11.5 Å². The van der Waals surface area contributed by atoms with Gasteiger partial charge in [0, 0.05) is 5.69 Å². The molecule has 0 aliphatic rings. The third-order valence-corrected chi connectivity index (χ3v) is 4.15. The van der Waals surface area contributed by atoms with Crippen molar-refractivity contribution in [1.82, 2.24) is 14.8 Å². The van der Waals surface area contributed by atoms with Crippen molar-refractivity contribution in [3.63, 3.8) is 0 Å². The smallest absolute Gasteiger partial charge is 0.310 e. The van der Waals surface area contributed by atoms with Crippen molar-refractivity contribution in [2.45, 2.75) is 60.4 Å². The number of rotatable bonds is 5. The lowest BCUT2D eigenvalue weighted by molar-refractivity contribution is 0.403. The summed E-state index contributed by atoms with van der Waals surface area (Å²) < 4.78 is 1.57. The fourth-order valence-electron chi connectivity index (χ4n) is 3.00. The normalized spacial score (nSPS) is 11.1. The Morgan fingerprint density at radius 1 is 1.09 bits per heavy atom. The van der Waals surface area contributed by atoms with Crippen LogP contribution in [0.5, 0.6) is 0 Å². The average molecular weight is 314 g/mol. The van der Waals surface area contributed by atoms with Gasteiger partial charge in [-0.1, -0.05) is 31.5 Å². The second kappa shape index (κ2) is 6.94. The fraction of sp³-hybridized carbons (Fsp3) is 0.500. The number of aryl methyl sites for hydroxylation is 4. The summed E-state index contributed by atoms with van der Waals surface area (Å²) in [6, 6.07) is 4.30. The molecule has 0 spiro atoms. The first kappa shape index (κ1) is 17.2. The van der Waals surface area contributed by atoms with Crippen LogP contribution in [-0.4, -0.2) is 14.8 Å². The van der Waals surface area contributed by atoms with E-state index < -0.39 is 0 Å². The number of hydrogen-bond donors (Lipinski definition) is 1. The maximum atomic E-state index is 12.7. The minimum atomic E-state index is -0.163. The molecule has 0 radical (unpaired) electrons. The van der Waals surface area contributed by atoms with Crippen LogP contribution >= 0.6 is 0 Å². The van der Waals surface area contributed by atoms with Gasteiger partial charge in [0.2, 0.25) is 5.82 Å². The number of benzene rings is 1. The highest BCUT2D eigenvalue weighted by Gasteiger charge is 2.16. The van der Waals surface area contributed by atoms with Crippen LogP contribution in [0.15, 0.2) is 16.9 Å². The Hall–Kier alpha value is -2.17. The zero-order chi connectivity index (χ0) is 17.1. The zero-order valence-corrected chi connectivity index (χ0v) is 14.9. The Bertz CT molecular complexity index is 737. The Balaban J connectivity index is 2.51. The molecule has 0 unspecified atom stereocenters. The molecule has 1 aromatic heterocycles. The van der Waals surface area contributed by atoms with Crippen molar-refractivity contribution in [3.05, 3.63) is 45.0 Å². The molecule has 0 amide bonds. The molecule has 2 rings (SSSR count). The van der Waals surface area contributed by atoms with Gasteiger partial charge in [-0.3, -0.25) is 4.79 Å². The Kier molecular flexibility index (Phi) is 5.19. The summed E-state index contributed by atoms with van der Waals surface area (Å²) in [4.78, 5) is 17.1. The summed E-state index contributed by atoms with van der Waals surface area (Å²) in [5.41, 5.74) is 4.20. The number of anilines is 2. The lowest BCUT2D eigenvalue weighted by Crippen LogP contribution is -2.30. The van der Waals surface area contributed by atoms with Crippen LogP contribution in [0.4, 0.5) is 11.5 Å². The van der Waals surface area contributed by atoms with Gasteiger partial charge >= 0.3 is 5.56 Å². The third-order valence-electron chi connectivity index (χ3n) is 4.15. The van der Waals surface area contributed by atoms with E-state index in [1.807, 2.05) is 20.8 Å². The van der Waals surface area contributed by atoms with E-state index in [9.17, 15) is 4.79 Å². The first-order valence-electron chi connectivity index (χ1n) is 8.19. The van der Waals surface area contributed by atoms with Gasteiger partial charge in [-0.15, -0.1) is 0 Å². The van der Waals surface area contributed by atoms with Crippen LogP contribution < -0.4 is 10.9 Å². The minimum absolute atomic E-state index is 0.102. The predicted molar refractivity (Wildman–Crippen MR) is 94.6 cm³/mol. The second-order valence-electron chi connectivity index (χ2n) is 6.13. The lowest BCUT2D eigenvalue weighted by atomic mass is 10.1. The van der Waals surface area contributed by atoms with E-state index in [2.05, 4.69) is 48.3 Å². The van der Waals surface area contributed by atoms with Gasteiger partial charge in [0.05, 0.1) is 6.04 Å². The van der Waals surface area contributed by atoms with E-state index in [0.717, 1.165) is 29.7 Å². The van der Waals surface area contributed by atoms with Gasteiger partial charge in [0.1, 0.15) is 5.82 Å². The summed E-state index contributed by atoms with van der Waals surface area (Å²) in [5, 5.41) is 7.56. The van der Waals surface area contributed by atoms with Crippen LogP contribution in [-0.2, 0) is 0 Å². The number of nitrogens with one attached hydrogen (secondary N) is 1. The van der Waals surface area contributed by atoms with Gasteiger partial charge < -0.3 is 5.32 Å². The summed E-state index contributed by atoms with van der Waals surface area (Å²) in [6.45, 7) is 12.1. The molecule has 0 aliphatic heterocycles. The highest BCUT2D eigenvalue weighted by molar-refractivity contribution is 5.64. The van der Waals surface area contributed by atoms with Crippen molar-refractivity contribution in [1.29, 1.82) is 0 Å². The van der Waals surface area contributed by atoms with E-state index in [4.69, 9.17) is 0 Å². The molecule has 23 heavy (non-hydrogen) atoms. The van der Waals surface area contributed by atoms with E-state index in [0.29, 0.717) is 11.6 Å². The molecule has 1 N–H and O–H groups in total. The molecular weight excluding hydrogens is 288 g/mol. The Morgan fingerprint density at radius 2 is 1.65 bits per heavy atom. The largest absolute Gasteiger partial charge is 0.335 e. The summed E-state index contributed by atoms with van der Waals surface area (Å²) in [5.74, 6) is 0.945. The molecule has 124 valence electrons. The molecular formula is C18H26N4O. The van der Waals surface area contributed by atoms with Gasteiger partial charge in [-0.2, -0.15) is 5.10 Å². The van der Waals surface area contributed by atoms with Crippen molar-refractivity contribution in [2.24, 2.45) is 0 Å². The molecule has 2 aromatic rings. The molecule has 5 heteroatoms. The number of aromatic nitrogens is 3. The maximum absolute atomic E-state index is 12.7. The molecule has 0 atom stereocenters. The van der Waals surface area contributed by atoms with Gasteiger partial charge in [0.25, 0.3) is 0 Å². The van der Waals surface area contributed by atoms with Crippen LogP contribution in [0.2, 0.25) is 0 Å². The number of nitrogens with zero attached hydrogens (tertiary/aromatic N) is 3. The molecule has 5 nitrogen and oxygen atoms in total. The molecule has 0 saturated heterocycles. The first-order chi connectivity index (χ1) is 10.9. The standard InChI is InChI=1S/C18H26N4O/c1-7-15(8-2)22-18(23)17(19-14(6)21-22)20-16-12(4)9-11(3)10-13(16)5/h9-10,15H,7-8H2,1-6H3,(H,19,20,21). The molecule has 1 aromatic carbocycles. The van der Waals surface area contributed by atoms with E-state index in [-0.39, 0.29) is 11.6 Å². The fourth-order valence-corrected chi connectivity index (χ4v) is 3.00. The maximum Gasteiger partial charge on any atom is 0.310 e. The summed E-state index contributed by atoms with van der Waals surface area (Å²) in [6.07, 6.45) is 1.74. The van der Waals surface area contributed by atoms with Gasteiger partial charge in [0.15, 0.2) is 0 Å². The topological polar surface area (TPSA) is 59.8 Å². The van der Waals surface area contributed by atoms with Gasteiger partial charge in [-0.05, 0) is 51.7 Å². The van der Waals surface area contributed by atoms with Crippen molar-refractivity contribution in [2.75, 3.05) is 5.32 Å². The second-order valence-corrected chi connectivity index (χ2v) is 6.13. The van der Waals surface area contributed by atoms with E-state index >= 15 is 0 Å². The van der Waals surface area contributed by atoms with E-state index in [1.165, 1.54) is 5.56 Å². The minimum Gasteiger partial charge on any atom is -0.335 e. The van der Waals surface area contributed by atoms with Crippen LogP contribution in [0.25, 0.3) is 0 Å². The Morgan fingerprint density at radius 3 is 2.17 bits per heavy atom. The van der Waals surface area contributed by atoms with Crippen LogP contribution in [0.1, 0.15) is 55.2 Å². The lowest BCUT2D eigenvalue weighted by Gasteiger charge is -2.18. The molecule has 0 saturated carbocycles. The van der Waals surface area contributed by atoms with Crippen molar-refractivity contribution < 1.29 is 0 Å². The summed E-state index contributed by atoms with van der Waals surface area (Å²) in [7, 11) is 0. The monoisotopic (exact) mass is 314 g/mol. The Labute approximate surface area is 137 Å². The van der Waals surface area contributed by atoms with Crippen molar-refractivity contribution in [3.8, 4) is 0 Å². The van der Waals surface area contributed by atoms with Gasteiger partial charge in [-0.25, -0.2) is 9.67 Å². The molecule has 1 heterocycles. The van der Waals surface area contributed by atoms with E-state index in [1.54, 1.807) is 4.68 Å². The average Bonchev–Trinajstić information content (AvgIpc) is 2.48. The number of hydrogen-bond acceptors (Lipinski definition) is 4. The third kappa shape index (κ3) is 3.60. The molecule has 0 aliphatic carbocycles. The van der Waals surface area contributed by atoms with Crippen LogP contribution in [0, 0.1) is 27.7 Å².